The van der Waals surface area contributed by atoms with Gasteiger partial charge in [-0.15, -0.1) is 0 Å². The fraction of sp³-hybridized carbons (Fsp3) is 0.118. The van der Waals surface area contributed by atoms with Gasteiger partial charge < -0.3 is 5.32 Å². The lowest BCUT2D eigenvalue weighted by Gasteiger charge is -2.06. The van der Waals surface area contributed by atoms with Crippen molar-refractivity contribution in [2.45, 2.75) is 11.4 Å². The highest BCUT2D eigenvalue weighted by atomic mass is 32.2. The largest absolute Gasteiger partial charge is 0.349 e. The van der Waals surface area contributed by atoms with Gasteiger partial charge >= 0.3 is 0 Å². The Bertz CT molecular complexity index is 1020. The van der Waals surface area contributed by atoms with Crippen LogP contribution in [0.4, 0.5) is 5.95 Å². The van der Waals surface area contributed by atoms with E-state index in [1.54, 1.807) is 18.3 Å². The summed E-state index contributed by atoms with van der Waals surface area (Å²) >= 11 is 0. The summed E-state index contributed by atoms with van der Waals surface area (Å²) in [5.74, 6) is 0.00268. The molecular formula is C17H15N5O3S. The highest BCUT2D eigenvalue weighted by molar-refractivity contribution is 7.90. The molecule has 0 radical (unpaired) electrons. The van der Waals surface area contributed by atoms with Crippen LogP contribution < -0.4 is 5.32 Å². The normalized spacial score (nSPS) is 11.1. The van der Waals surface area contributed by atoms with Crippen molar-refractivity contribution < 1.29 is 13.2 Å². The van der Waals surface area contributed by atoms with E-state index in [1.807, 2.05) is 0 Å². The minimum atomic E-state index is -3.39. The van der Waals surface area contributed by atoms with Crippen LogP contribution in [0.25, 0.3) is 0 Å². The molecular weight excluding hydrogens is 354 g/mol. The van der Waals surface area contributed by atoms with Crippen molar-refractivity contribution in [2.75, 3.05) is 11.6 Å². The molecule has 0 aliphatic carbocycles. The molecule has 2 aromatic heterocycles. The first-order valence-electron chi connectivity index (χ1n) is 7.59. The van der Waals surface area contributed by atoms with Crippen LogP contribution >= 0.6 is 0 Å². The first-order chi connectivity index (χ1) is 12.4. The standard InChI is InChI=1S/C17H15N5O3S/c1-26(24,25)15-4-2-3-12(7-15)16(23)13-8-19-17(20-9-13)21-10-14-5-6-18-11-22-14/h2-9,11H,10H2,1H3,(H,19,20,21). The molecule has 0 atom stereocenters. The fourth-order valence-corrected chi connectivity index (χ4v) is 2.83. The summed E-state index contributed by atoms with van der Waals surface area (Å²) in [6.07, 6.45) is 6.97. The van der Waals surface area contributed by atoms with Gasteiger partial charge in [-0.25, -0.2) is 28.4 Å². The van der Waals surface area contributed by atoms with E-state index in [-0.39, 0.29) is 21.8 Å². The van der Waals surface area contributed by atoms with Gasteiger partial charge in [0.1, 0.15) is 6.33 Å². The topological polar surface area (TPSA) is 115 Å². The number of carbonyl (C=O) groups is 1. The quantitative estimate of drug-likeness (QED) is 0.650. The van der Waals surface area contributed by atoms with Crippen molar-refractivity contribution in [3.63, 3.8) is 0 Å². The summed E-state index contributed by atoms with van der Waals surface area (Å²) in [6, 6.07) is 7.64. The van der Waals surface area contributed by atoms with Gasteiger partial charge in [0.05, 0.1) is 22.7 Å². The Morgan fingerprint density at radius 2 is 1.85 bits per heavy atom. The van der Waals surface area contributed by atoms with Crippen molar-refractivity contribution >= 4 is 21.6 Å². The molecule has 0 amide bonds. The Balaban J connectivity index is 1.73. The number of anilines is 1. The Kier molecular flexibility index (Phi) is 4.99. The zero-order valence-corrected chi connectivity index (χ0v) is 14.6. The van der Waals surface area contributed by atoms with E-state index in [1.165, 1.54) is 36.9 Å². The number of hydrogen-bond acceptors (Lipinski definition) is 8. The summed E-state index contributed by atoms with van der Waals surface area (Å²) in [5, 5.41) is 2.99. The number of rotatable bonds is 6. The Morgan fingerprint density at radius 1 is 1.08 bits per heavy atom. The third kappa shape index (κ3) is 4.25. The molecule has 0 fully saturated rings. The summed E-state index contributed by atoms with van der Waals surface area (Å²) in [7, 11) is -3.39. The van der Waals surface area contributed by atoms with Gasteiger partial charge in [0.2, 0.25) is 5.95 Å². The van der Waals surface area contributed by atoms with E-state index >= 15 is 0 Å². The lowest BCUT2D eigenvalue weighted by Crippen LogP contribution is -2.08. The van der Waals surface area contributed by atoms with Crippen LogP contribution in [0, 0.1) is 0 Å². The van der Waals surface area contributed by atoms with Crippen LogP contribution in [0.2, 0.25) is 0 Å². The number of benzene rings is 1. The number of nitrogens with one attached hydrogen (secondary N) is 1. The first-order valence-corrected chi connectivity index (χ1v) is 9.48. The second kappa shape index (κ2) is 7.36. The lowest BCUT2D eigenvalue weighted by atomic mass is 10.1. The van der Waals surface area contributed by atoms with Crippen molar-refractivity contribution in [1.29, 1.82) is 0 Å². The van der Waals surface area contributed by atoms with Crippen LogP contribution in [0.15, 0.2) is 60.1 Å². The van der Waals surface area contributed by atoms with Gasteiger partial charge in [0.25, 0.3) is 0 Å². The Labute approximate surface area is 150 Å². The van der Waals surface area contributed by atoms with Gasteiger partial charge in [-0.3, -0.25) is 4.79 Å². The predicted octanol–water partition coefficient (Wildman–Crippen LogP) is 1.51. The number of sulfone groups is 1. The maximum absolute atomic E-state index is 12.5. The minimum Gasteiger partial charge on any atom is -0.349 e. The fourth-order valence-electron chi connectivity index (χ4n) is 2.16. The molecule has 1 N–H and O–H groups in total. The van der Waals surface area contributed by atoms with E-state index in [2.05, 4.69) is 25.3 Å². The second-order valence-corrected chi connectivity index (χ2v) is 7.49. The molecule has 26 heavy (non-hydrogen) atoms. The third-order valence-electron chi connectivity index (χ3n) is 3.51. The van der Waals surface area contributed by atoms with Gasteiger partial charge in [0.15, 0.2) is 15.6 Å². The molecule has 2 heterocycles. The summed E-state index contributed by atoms with van der Waals surface area (Å²) in [4.78, 5) is 28.7. The van der Waals surface area contributed by atoms with Gasteiger partial charge in [-0.05, 0) is 18.2 Å². The van der Waals surface area contributed by atoms with Crippen molar-refractivity contribution in [2.24, 2.45) is 0 Å². The number of hydrogen-bond donors (Lipinski definition) is 1. The predicted molar refractivity (Wildman–Crippen MR) is 94.4 cm³/mol. The number of carbonyl (C=O) groups excluding carboxylic acids is 1. The van der Waals surface area contributed by atoms with Crippen LogP contribution in [0.5, 0.6) is 0 Å². The monoisotopic (exact) mass is 369 g/mol. The van der Waals surface area contributed by atoms with Crippen molar-refractivity contribution in [3.8, 4) is 0 Å². The SMILES string of the molecule is CS(=O)(=O)c1cccc(C(=O)c2cnc(NCc3ccncn3)nc2)c1. The Morgan fingerprint density at radius 3 is 2.50 bits per heavy atom. The zero-order chi connectivity index (χ0) is 18.6. The molecule has 0 spiro atoms. The Hall–Kier alpha value is -3.20. The molecule has 0 saturated carbocycles. The van der Waals surface area contributed by atoms with E-state index in [0.717, 1.165) is 11.9 Å². The number of ketones is 1. The van der Waals surface area contributed by atoms with Crippen molar-refractivity contribution in [1.82, 2.24) is 19.9 Å². The first kappa shape index (κ1) is 17.6. The number of aromatic nitrogens is 4. The highest BCUT2D eigenvalue weighted by Gasteiger charge is 2.14. The highest BCUT2D eigenvalue weighted by Crippen LogP contribution is 2.15. The van der Waals surface area contributed by atoms with Crippen LogP contribution in [0.1, 0.15) is 21.6 Å². The smallest absolute Gasteiger partial charge is 0.222 e. The number of nitrogens with zero attached hydrogens (tertiary/aromatic N) is 4. The molecule has 0 saturated heterocycles. The lowest BCUT2D eigenvalue weighted by molar-refractivity contribution is 0.103. The third-order valence-corrected chi connectivity index (χ3v) is 4.62. The molecule has 1 aromatic carbocycles. The van der Waals surface area contributed by atoms with E-state index in [4.69, 9.17) is 0 Å². The average Bonchev–Trinajstić information content (AvgIpc) is 2.66. The van der Waals surface area contributed by atoms with Crippen LogP contribution in [-0.2, 0) is 16.4 Å². The van der Waals surface area contributed by atoms with Gasteiger partial charge in [0, 0.05) is 30.4 Å². The molecule has 3 rings (SSSR count). The van der Waals surface area contributed by atoms with E-state index in [9.17, 15) is 13.2 Å². The molecule has 0 aliphatic rings. The van der Waals surface area contributed by atoms with Crippen molar-refractivity contribution in [3.05, 3.63) is 72.1 Å². The molecule has 132 valence electrons. The summed E-state index contributed by atoms with van der Waals surface area (Å²) in [6.45, 7) is 0.423. The van der Waals surface area contributed by atoms with E-state index in [0.29, 0.717) is 12.5 Å². The van der Waals surface area contributed by atoms with Gasteiger partial charge in [-0.1, -0.05) is 12.1 Å². The summed E-state index contributed by atoms with van der Waals surface area (Å²) < 4.78 is 23.2. The minimum absolute atomic E-state index is 0.0902. The molecule has 0 unspecified atom stereocenters. The molecule has 9 heteroatoms. The maximum Gasteiger partial charge on any atom is 0.222 e. The maximum atomic E-state index is 12.5. The zero-order valence-electron chi connectivity index (χ0n) is 13.8. The van der Waals surface area contributed by atoms with Gasteiger partial charge in [-0.2, -0.15) is 0 Å². The van der Waals surface area contributed by atoms with Crippen LogP contribution in [0.3, 0.4) is 0 Å². The molecule has 0 bridgehead atoms. The summed E-state index contributed by atoms with van der Waals surface area (Å²) in [5.41, 5.74) is 1.31. The van der Waals surface area contributed by atoms with E-state index < -0.39 is 9.84 Å². The molecule has 0 aliphatic heterocycles. The second-order valence-electron chi connectivity index (χ2n) is 5.48. The van der Waals surface area contributed by atoms with Crippen LogP contribution in [-0.4, -0.2) is 40.4 Å². The average molecular weight is 369 g/mol. The molecule has 3 aromatic rings. The molecule has 8 nitrogen and oxygen atoms in total.